The molecule has 0 aliphatic rings. The summed E-state index contributed by atoms with van der Waals surface area (Å²) in [7, 11) is 0. The third kappa shape index (κ3) is 4.18. The maximum atomic E-state index is 10.4. The lowest BCUT2D eigenvalue weighted by molar-refractivity contribution is -0.107. The van der Waals surface area contributed by atoms with Crippen LogP contribution in [0.4, 0.5) is 0 Å². The molecule has 88 valence electrons. The molecule has 0 aliphatic heterocycles. The molecule has 0 N–H and O–H groups in total. The average Bonchev–Trinajstić information content (AvgIpc) is 2.23. The molecule has 0 unspecified atom stereocenters. The van der Waals surface area contributed by atoms with Crippen LogP contribution in [0.5, 0.6) is 5.75 Å². The van der Waals surface area contributed by atoms with Gasteiger partial charge in [0.1, 0.15) is 12.0 Å². The van der Waals surface area contributed by atoms with Gasteiger partial charge >= 0.3 is 0 Å². The third-order valence-electron chi connectivity index (χ3n) is 1.90. The largest absolute Gasteiger partial charge is 0.491 e. The zero-order valence-corrected chi connectivity index (χ0v) is 13.3. The van der Waals surface area contributed by atoms with Crippen LogP contribution in [0.2, 0.25) is 0 Å². The number of hydrogen-bond acceptors (Lipinski definition) is 2. The topological polar surface area (TPSA) is 26.3 Å². The van der Waals surface area contributed by atoms with Gasteiger partial charge in [-0.3, -0.25) is 0 Å². The summed E-state index contributed by atoms with van der Waals surface area (Å²) in [6.07, 6.45) is 2.26. The Bertz CT molecular complexity index is 343. The summed E-state index contributed by atoms with van der Waals surface area (Å²) in [6, 6.07) is 3.81. The summed E-state index contributed by atoms with van der Waals surface area (Å²) in [4.78, 5) is 10.4. The van der Waals surface area contributed by atoms with Gasteiger partial charge in [0.25, 0.3) is 0 Å². The van der Waals surface area contributed by atoms with E-state index in [1.165, 1.54) is 0 Å². The SMILES string of the molecule is O=CCc1cc(Br)c(OCCCBr)c(Br)c1. The lowest BCUT2D eigenvalue weighted by Gasteiger charge is -2.11. The van der Waals surface area contributed by atoms with E-state index < -0.39 is 0 Å². The van der Waals surface area contributed by atoms with E-state index in [0.29, 0.717) is 13.0 Å². The maximum absolute atomic E-state index is 10.4. The van der Waals surface area contributed by atoms with E-state index in [2.05, 4.69) is 47.8 Å². The van der Waals surface area contributed by atoms with E-state index in [4.69, 9.17) is 4.74 Å². The molecule has 1 aromatic carbocycles. The Morgan fingerprint density at radius 1 is 1.25 bits per heavy atom. The molecule has 0 heterocycles. The highest BCUT2D eigenvalue weighted by atomic mass is 79.9. The summed E-state index contributed by atoms with van der Waals surface area (Å²) in [5.41, 5.74) is 0.960. The first-order chi connectivity index (χ1) is 7.69. The molecule has 0 spiro atoms. The van der Waals surface area contributed by atoms with Gasteiger partial charge in [-0.25, -0.2) is 0 Å². The minimum Gasteiger partial charge on any atom is -0.491 e. The number of halogens is 3. The van der Waals surface area contributed by atoms with Crippen molar-refractivity contribution < 1.29 is 9.53 Å². The van der Waals surface area contributed by atoms with Crippen molar-refractivity contribution in [1.29, 1.82) is 0 Å². The molecule has 0 saturated heterocycles. The van der Waals surface area contributed by atoms with Crippen molar-refractivity contribution in [3.05, 3.63) is 26.6 Å². The summed E-state index contributed by atoms with van der Waals surface area (Å²) < 4.78 is 7.37. The molecule has 1 aromatic rings. The molecule has 0 bridgehead atoms. The molecule has 0 saturated carbocycles. The molecule has 0 atom stereocenters. The van der Waals surface area contributed by atoms with Crippen LogP contribution in [0.25, 0.3) is 0 Å². The molecule has 1 rings (SSSR count). The van der Waals surface area contributed by atoms with Crippen LogP contribution in [-0.2, 0) is 11.2 Å². The number of benzene rings is 1. The zero-order valence-electron chi connectivity index (χ0n) is 8.51. The molecule has 2 nitrogen and oxygen atoms in total. The van der Waals surface area contributed by atoms with Gasteiger partial charge < -0.3 is 9.53 Å². The quantitative estimate of drug-likeness (QED) is 0.397. The van der Waals surface area contributed by atoms with Gasteiger partial charge in [-0.2, -0.15) is 0 Å². The number of carbonyl (C=O) groups excluding carboxylic acids is 1. The third-order valence-corrected chi connectivity index (χ3v) is 3.64. The van der Waals surface area contributed by atoms with Crippen LogP contribution < -0.4 is 4.74 Å². The molecule has 0 amide bonds. The van der Waals surface area contributed by atoms with Crippen molar-refractivity contribution >= 4 is 54.1 Å². The lowest BCUT2D eigenvalue weighted by Crippen LogP contribution is -2.00. The van der Waals surface area contributed by atoms with Crippen molar-refractivity contribution in [3.63, 3.8) is 0 Å². The molecule has 0 fully saturated rings. The summed E-state index contributed by atoms with van der Waals surface area (Å²) in [5, 5.41) is 0.922. The van der Waals surface area contributed by atoms with E-state index in [1.54, 1.807) is 0 Å². The van der Waals surface area contributed by atoms with Gasteiger partial charge in [-0.05, 0) is 56.0 Å². The van der Waals surface area contributed by atoms with Crippen molar-refractivity contribution in [2.45, 2.75) is 12.8 Å². The van der Waals surface area contributed by atoms with Gasteiger partial charge in [-0.15, -0.1) is 0 Å². The van der Waals surface area contributed by atoms with Crippen LogP contribution in [0.15, 0.2) is 21.1 Å². The zero-order chi connectivity index (χ0) is 12.0. The predicted molar refractivity (Wildman–Crippen MR) is 75.5 cm³/mol. The Labute approximate surface area is 120 Å². The van der Waals surface area contributed by atoms with Crippen molar-refractivity contribution in [2.24, 2.45) is 0 Å². The fourth-order valence-electron chi connectivity index (χ4n) is 1.19. The molecule has 0 aromatic heterocycles. The van der Waals surface area contributed by atoms with E-state index in [-0.39, 0.29) is 0 Å². The maximum Gasteiger partial charge on any atom is 0.147 e. The number of hydrogen-bond donors (Lipinski definition) is 0. The van der Waals surface area contributed by atoms with Crippen LogP contribution in [-0.4, -0.2) is 18.2 Å². The normalized spacial score (nSPS) is 10.2. The molecule has 5 heteroatoms. The number of aldehydes is 1. The Hall–Kier alpha value is 0.130. The lowest BCUT2D eigenvalue weighted by atomic mass is 10.2. The second-order valence-electron chi connectivity index (χ2n) is 3.15. The Kier molecular flexibility index (Phi) is 6.61. The van der Waals surface area contributed by atoms with Gasteiger partial charge in [0, 0.05) is 11.8 Å². The van der Waals surface area contributed by atoms with Gasteiger partial charge in [0.2, 0.25) is 0 Å². The standard InChI is InChI=1S/C11H11Br3O2/c12-3-1-5-16-11-9(13)6-8(2-4-15)7-10(11)14/h4,6-7H,1-3,5H2. The minimum atomic E-state index is 0.416. The molecule has 16 heavy (non-hydrogen) atoms. The van der Waals surface area contributed by atoms with Crippen LogP contribution in [0.1, 0.15) is 12.0 Å². The number of alkyl halides is 1. The number of carbonyl (C=O) groups is 1. The van der Waals surface area contributed by atoms with E-state index in [0.717, 1.165) is 38.3 Å². The minimum absolute atomic E-state index is 0.416. The molecular formula is C11H11Br3O2. The number of rotatable bonds is 6. The van der Waals surface area contributed by atoms with E-state index in [9.17, 15) is 4.79 Å². The highest BCUT2D eigenvalue weighted by molar-refractivity contribution is 9.11. The molecule has 0 aliphatic carbocycles. The second kappa shape index (κ2) is 7.45. The van der Waals surface area contributed by atoms with Gasteiger partial charge in [0.05, 0.1) is 15.6 Å². The fraction of sp³-hybridized carbons (Fsp3) is 0.364. The summed E-state index contributed by atoms with van der Waals surface area (Å²) in [6.45, 7) is 0.662. The van der Waals surface area contributed by atoms with Crippen LogP contribution in [0, 0.1) is 0 Å². The first-order valence-corrected chi connectivity index (χ1v) is 7.50. The van der Waals surface area contributed by atoms with Crippen molar-refractivity contribution in [1.82, 2.24) is 0 Å². The highest BCUT2D eigenvalue weighted by Crippen LogP contribution is 2.34. The summed E-state index contributed by atoms with van der Waals surface area (Å²) >= 11 is 10.2. The van der Waals surface area contributed by atoms with Crippen LogP contribution >= 0.6 is 47.8 Å². The average molecular weight is 415 g/mol. The smallest absolute Gasteiger partial charge is 0.147 e. The fourth-order valence-corrected chi connectivity index (χ4v) is 2.93. The van der Waals surface area contributed by atoms with Crippen molar-refractivity contribution in [2.75, 3.05) is 11.9 Å². The van der Waals surface area contributed by atoms with Crippen molar-refractivity contribution in [3.8, 4) is 5.75 Å². The van der Waals surface area contributed by atoms with Gasteiger partial charge in [-0.1, -0.05) is 15.9 Å². The summed E-state index contributed by atoms with van der Waals surface area (Å²) in [5.74, 6) is 0.788. The van der Waals surface area contributed by atoms with Gasteiger partial charge in [0.15, 0.2) is 0 Å². The van der Waals surface area contributed by atoms with E-state index in [1.807, 2.05) is 12.1 Å². The molecule has 0 radical (unpaired) electrons. The monoisotopic (exact) mass is 412 g/mol. The van der Waals surface area contributed by atoms with Crippen LogP contribution in [0.3, 0.4) is 0 Å². The molecular weight excluding hydrogens is 404 g/mol. The highest BCUT2D eigenvalue weighted by Gasteiger charge is 2.08. The second-order valence-corrected chi connectivity index (χ2v) is 5.65. The Morgan fingerprint density at radius 2 is 1.88 bits per heavy atom. The van der Waals surface area contributed by atoms with E-state index >= 15 is 0 Å². The Morgan fingerprint density at radius 3 is 2.38 bits per heavy atom. The first kappa shape index (κ1) is 14.2. The first-order valence-electron chi connectivity index (χ1n) is 4.79. The predicted octanol–water partition coefficient (Wildman–Crippen LogP) is 4.12. The Balaban J connectivity index is 2.80. The number of ether oxygens (including phenoxy) is 1.